The van der Waals surface area contributed by atoms with Crippen molar-refractivity contribution in [3.05, 3.63) is 206 Å². The molecule has 12 rings (SSSR count). The van der Waals surface area contributed by atoms with Gasteiger partial charge in [-0.05, 0) is 115 Å². The molecule has 10 aromatic carbocycles. The summed E-state index contributed by atoms with van der Waals surface area (Å²) in [7, 11) is 0. The van der Waals surface area contributed by atoms with Crippen molar-refractivity contribution in [3.63, 3.8) is 0 Å². The fraction of sp³-hybridized carbons (Fsp3) is 0. The van der Waals surface area contributed by atoms with E-state index in [1.807, 2.05) is 0 Å². The number of hydrogen-bond donors (Lipinski definition) is 0. The van der Waals surface area contributed by atoms with E-state index in [-0.39, 0.29) is 0 Å². The van der Waals surface area contributed by atoms with Crippen molar-refractivity contribution in [1.29, 1.82) is 0 Å². The minimum absolute atomic E-state index is 1.15. The molecule has 0 fully saturated rings. The largest absolute Gasteiger partial charge is 0.309 e. The summed E-state index contributed by atoms with van der Waals surface area (Å²) in [5, 5.41) is 12.8. The van der Waals surface area contributed by atoms with Gasteiger partial charge in [-0.2, -0.15) is 0 Å². The number of para-hydroxylation sites is 3. The summed E-state index contributed by atoms with van der Waals surface area (Å²) in [5.41, 5.74) is 12.0. The van der Waals surface area contributed by atoms with Gasteiger partial charge < -0.3 is 9.13 Å². The van der Waals surface area contributed by atoms with Crippen LogP contribution in [0.1, 0.15) is 0 Å². The molecule has 2 heteroatoms. The summed E-state index contributed by atoms with van der Waals surface area (Å²) >= 11 is 0. The van der Waals surface area contributed by atoms with E-state index < -0.39 is 0 Å². The highest BCUT2D eigenvalue weighted by molar-refractivity contribution is 6.25. The molecule has 0 saturated carbocycles. The van der Waals surface area contributed by atoms with Gasteiger partial charge in [0.25, 0.3) is 0 Å². The molecule has 2 heterocycles. The Morgan fingerprint density at radius 1 is 0.196 bits per heavy atom. The Bertz CT molecular complexity index is 3450. The van der Waals surface area contributed by atoms with Crippen molar-refractivity contribution < 1.29 is 0 Å². The van der Waals surface area contributed by atoms with E-state index in [2.05, 4.69) is 215 Å². The Morgan fingerprint density at radius 2 is 0.589 bits per heavy atom. The van der Waals surface area contributed by atoms with Gasteiger partial charge in [0.05, 0.1) is 22.1 Å². The number of nitrogens with zero attached hydrogens (tertiary/aromatic N) is 2. The zero-order valence-electron chi connectivity index (χ0n) is 30.5. The summed E-state index contributed by atoms with van der Waals surface area (Å²) in [4.78, 5) is 0. The quantitative estimate of drug-likeness (QED) is 0.161. The van der Waals surface area contributed by atoms with Gasteiger partial charge in [0.2, 0.25) is 0 Å². The maximum Gasteiger partial charge on any atom is 0.0542 e. The number of rotatable bonds is 4. The van der Waals surface area contributed by atoms with Crippen LogP contribution in [0.4, 0.5) is 0 Å². The Balaban J connectivity index is 0.984. The molecular formula is C54H34N2. The molecule has 0 unspecified atom stereocenters. The number of hydrogen-bond acceptors (Lipinski definition) is 0. The van der Waals surface area contributed by atoms with E-state index >= 15 is 0 Å². The first kappa shape index (κ1) is 31.0. The first-order chi connectivity index (χ1) is 27.8. The van der Waals surface area contributed by atoms with Crippen LogP contribution in [0.2, 0.25) is 0 Å². The summed E-state index contributed by atoms with van der Waals surface area (Å²) in [5.74, 6) is 0. The molecule has 2 nitrogen and oxygen atoms in total. The van der Waals surface area contributed by atoms with Crippen molar-refractivity contribution in [2.45, 2.75) is 0 Å². The van der Waals surface area contributed by atoms with E-state index in [4.69, 9.17) is 0 Å². The van der Waals surface area contributed by atoms with Crippen LogP contribution in [-0.2, 0) is 0 Å². The summed E-state index contributed by atoms with van der Waals surface area (Å²) in [6.07, 6.45) is 0. The predicted molar refractivity (Wildman–Crippen MR) is 239 cm³/mol. The molecule has 0 radical (unpaired) electrons. The molecule has 2 aromatic heterocycles. The highest BCUT2D eigenvalue weighted by atomic mass is 15.0. The van der Waals surface area contributed by atoms with Gasteiger partial charge in [-0.3, -0.25) is 0 Å². The van der Waals surface area contributed by atoms with Crippen LogP contribution in [0.25, 0.3) is 110 Å². The molecule has 12 aromatic rings. The normalized spacial score (nSPS) is 11.9. The zero-order valence-corrected chi connectivity index (χ0v) is 30.5. The van der Waals surface area contributed by atoms with Crippen molar-refractivity contribution >= 4 is 75.9 Å². The van der Waals surface area contributed by atoms with Crippen LogP contribution in [0, 0.1) is 0 Å². The average molecular weight is 711 g/mol. The molecule has 0 bridgehead atoms. The van der Waals surface area contributed by atoms with Crippen LogP contribution in [0.15, 0.2) is 206 Å². The van der Waals surface area contributed by atoms with Gasteiger partial charge in [0.1, 0.15) is 0 Å². The second kappa shape index (κ2) is 12.0. The molecule has 0 saturated heterocycles. The maximum absolute atomic E-state index is 2.42. The summed E-state index contributed by atoms with van der Waals surface area (Å²) < 4.78 is 4.83. The van der Waals surface area contributed by atoms with Crippen molar-refractivity contribution in [3.8, 4) is 33.6 Å². The molecule has 260 valence electrons. The fourth-order valence-electron chi connectivity index (χ4n) is 9.37. The number of aromatic nitrogens is 2. The molecule has 0 spiro atoms. The molecule has 0 aliphatic carbocycles. The molecule has 0 aliphatic rings. The lowest BCUT2D eigenvalue weighted by Crippen LogP contribution is -1.96. The lowest BCUT2D eigenvalue weighted by Gasteiger charge is -2.13. The minimum atomic E-state index is 1.15. The van der Waals surface area contributed by atoms with Crippen molar-refractivity contribution in [2.24, 2.45) is 0 Å². The maximum atomic E-state index is 2.42. The Labute approximate surface area is 323 Å². The zero-order chi connectivity index (χ0) is 36.7. The van der Waals surface area contributed by atoms with E-state index in [0.29, 0.717) is 0 Å². The van der Waals surface area contributed by atoms with Gasteiger partial charge in [-0.15, -0.1) is 0 Å². The SMILES string of the molecule is c1cc(-c2cccc(-n3c4ccccc4c4cc(-n5c6ccccc6c6ccccc65)ccc43)c2)cc(-c2ccc3c4ccccc4c4ccccc4c3c2)c1. The van der Waals surface area contributed by atoms with Crippen molar-refractivity contribution in [1.82, 2.24) is 9.13 Å². The number of benzene rings is 10. The van der Waals surface area contributed by atoms with Gasteiger partial charge in [-0.1, -0.05) is 146 Å². The molecule has 0 amide bonds. The van der Waals surface area contributed by atoms with Gasteiger partial charge in [0, 0.05) is 32.9 Å². The number of fused-ring (bicyclic) bond motifs is 12. The topological polar surface area (TPSA) is 9.86 Å². The molecule has 0 N–H and O–H groups in total. The molecule has 0 aliphatic heterocycles. The van der Waals surface area contributed by atoms with Crippen LogP contribution in [-0.4, -0.2) is 9.13 Å². The lowest BCUT2D eigenvalue weighted by atomic mass is 9.91. The van der Waals surface area contributed by atoms with E-state index in [0.717, 1.165) is 5.69 Å². The highest BCUT2D eigenvalue weighted by Gasteiger charge is 2.17. The van der Waals surface area contributed by atoms with Crippen LogP contribution >= 0.6 is 0 Å². The predicted octanol–water partition coefficient (Wildman–Crippen LogP) is 14.7. The average Bonchev–Trinajstić information content (AvgIpc) is 3.79. The smallest absolute Gasteiger partial charge is 0.0542 e. The van der Waals surface area contributed by atoms with E-state index in [1.54, 1.807) is 0 Å². The third-order valence-corrected chi connectivity index (χ3v) is 11.9. The van der Waals surface area contributed by atoms with Crippen LogP contribution in [0.5, 0.6) is 0 Å². The second-order valence-corrected chi connectivity index (χ2v) is 14.9. The van der Waals surface area contributed by atoms with Gasteiger partial charge in [-0.25, -0.2) is 0 Å². The first-order valence-corrected chi connectivity index (χ1v) is 19.3. The lowest BCUT2D eigenvalue weighted by molar-refractivity contribution is 1.17. The van der Waals surface area contributed by atoms with E-state index in [9.17, 15) is 0 Å². The summed E-state index contributed by atoms with van der Waals surface area (Å²) in [6, 6.07) is 75.7. The molecule has 56 heavy (non-hydrogen) atoms. The Hall–Kier alpha value is -7.42. The third kappa shape index (κ3) is 4.57. The Kier molecular flexibility index (Phi) is 6.66. The molecular weight excluding hydrogens is 677 g/mol. The molecule has 0 atom stereocenters. The first-order valence-electron chi connectivity index (χ1n) is 19.3. The highest BCUT2D eigenvalue weighted by Crippen LogP contribution is 2.40. The monoisotopic (exact) mass is 710 g/mol. The van der Waals surface area contributed by atoms with Gasteiger partial charge >= 0.3 is 0 Å². The Morgan fingerprint density at radius 3 is 1.16 bits per heavy atom. The third-order valence-electron chi connectivity index (χ3n) is 11.9. The van der Waals surface area contributed by atoms with E-state index in [1.165, 1.54) is 104 Å². The fourth-order valence-corrected chi connectivity index (χ4v) is 9.37. The van der Waals surface area contributed by atoms with Crippen LogP contribution < -0.4 is 0 Å². The van der Waals surface area contributed by atoms with Gasteiger partial charge in [0.15, 0.2) is 0 Å². The van der Waals surface area contributed by atoms with Crippen molar-refractivity contribution in [2.75, 3.05) is 0 Å². The van der Waals surface area contributed by atoms with Crippen LogP contribution in [0.3, 0.4) is 0 Å². The minimum Gasteiger partial charge on any atom is -0.309 e. The summed E-state index contributed by atoms with van der Waals surface area (Å²) in [6.45, 7) is 0. The standard InChI is InChI=1S/C54H34N2/c1-2-19-43-41(17-1)42-18-3-4-20-44(42)49-33-38(27-29-45(43)49)36-14-11-13-35(31-36)37-15-12-16-39(32-37)55-53-26-10-7-23-48(53)50-34-40(28-30-54(50)55)56-51-24-8-5-21-46(51)47-22-6-9-25-52(47)56/h1-34H. The second-order valence-electron chi connectivity index (χ2n) is 14.9.